The SMILES string of the molecule is CCOC(=O)[C@H]1CCCCN1C(=O)COC(=O)c1c(C)nsc1NC. The highest BCUT2D eigenvalue weighted by Gasteiger charge is 2.33. The van der Waals surface area contributed by atoms with Crippen molar-refractivity contribution in [1.29, 1.82) is 0 Å². The number of ether oxygens (including phenoxy) is 2. The average Bonchev–Trinajstić information content (AvgIpc) is 3.00. The van der Waals surface area contributed by atoms with E-state index < -0.39 is 30.5 Å². The number of nitrogens with zero attached hydrogens (tertiary/aromatic N) is 2. The third-order valence-electron chi connectivity index (χ3n) is 4.00. The van der Waals surface area contributed by atoms with E-state index in [2.05, 4.69) is 9.69 Å². The van der Waals surface area contributed by atoms with Crippen LogP contribution in [0.2, 0.25) is 0 Å². The number of carbonyl (C=O) groups is 3. The fraction of sp³-hybridized carbons (Fsp3) is 0.625. The van der Waals surface area contributed by atoms with Gasteiger partial charge in [0.05, 0.1) is 12.3 Å². The summed E-state index contributed by atoms with van der Waals surface area (Å²) in [5.74, 6) is -1.40. The maximum atomic E-state index is 12.4. The Morgan fingerprint density at radius 2 is 2.08 bits per heavy atom. The molecule has 138 valence electrons. The lowest BCUT2D eigenvalue weighted by Crippen LogP contribution is -2.50. The molecule has 1 aromatic heterocycles. The summed E-state index contributed by atoms with van der Waals surface area (Å²) in [4.78, 5) is 38.2. The lowest BCUT2D eigenvalue weighted by Gasteiger charge is -2.33. The molecule has 1 aromatic rings. The second-order valence-electron chi connectivity index (χ2n) is 5.65. The molecule has 0 saturated carbocycles. The molecule has 0 bridgehead atoms. The van der Waals surface area contributed by atoms with E-state index in [1.165, 1.54) is 4.90 Å². The number of hydrogen-bond acceptors (Lipinski definition) is 8. The van der Waals surface area contributed by atoms with Crippen molar-refractivity contribution in [1.82, 2.24) is 9.27 Å². The molecule has 1 atom stereocenters. The molecule has 8 nitrogen and oxygen atoms in total. The van der Waals surface area contributed by atoms with Crippen LogP contribution in [0.1, 0.15) is 42.2 Å². The number of amides is 1. The van der Waals surface area contributed by atoms with Crippen molar-refractivity contribution < 1.29 is 23.9 Å². The molecule has 1 fully saturated rings. The van der Waals surface area contributed by atoms with E-state index in [0.717, 1.165) is 24.4 Å². The quantitative estimate of drug-likeness (QED) is 0.761. The fourth-order valence-corrected chi connectivity index (χ4v) is 3.51. The molecular weight excluding hydrogens is 346 g/mol. The summed E-state index contributed by atoms with van der Waals surface area (Å²) >= 11 is 1.16. The highest BCUT2D eigenvalue weighted by Crippen LogP contribution is 2.25. The second-order valence-corrected chi connectivity index (χ2v) is 6.42. The third kappa shape index (κ3) is 4.47. The van der Waals surface area contributed by atoms with Crippen molar-refractivity contribution in [3.05, 3.63) is 11.3 Å². The van der Waals surface area contributed by atoms with Gasteiger partial charge in [0.2, 0.25) is 0 Å². The summed E-state index contributed by atoms with van der Waals surface area (Å²) in [6.07, 6.45) is 2.24. The van der Waals surface area contributed by atoms with Crippen molar-refractivity contribution >= 4 is 34.4 Å². The molecule has 1 saturated heterocycles. The molecule has 2 heterocycles. The predicted octanol–water partition coefficient (Wildman–Crippen LogP) is 1.59. The lowest BCUT2D eigenvalue weighted by molar-refractivity contribution is -0.157. The first-order chi connectivity index (χ1) is 12.0. The summed E-state index contributed by atoms with van der Waals surface area (Å²) in [6.45, 7) is 3.75. The molecule has 2 rings (SSSR count). The number of carbonyl (C=O) groups excluding carboxylic acids is 3. The first-order valence-electron chi connectivity index (χ1n) is 8.26. The Labute approximate surface area is 150 Å². The molecule has 9 heteroatoms. The Hall–Kier alpha value is -2.16. The number of anilines is 1. The molecule has 1 aliphatic rings. The molecule has 1 amide bonds. The van der Waals surface area contributed by atoms with Crippen LogP contribution in [0.4, 0.5) is 5.00 Å². The van der Waals surface area contributed by atoms with Gasteiger partial charge in [-0.3, -0.25) is 4.79 Å². The van der Waals surface area contributed by atoms with E-state index in [1.807, 2.05) is 0 Å². The van der Waals surface area contributed by atoms with Crippen molar-refractivity contribution in [2.75, 3.05) is 32.1 Å². The van der Waals surface area contributed by atoms with Crippen LogP contribution >= 0.6 is 11.5 Å². The van der Waals surface area contributed by atoms with Gasteiger partial charge in [-0.05, 0) is 44.6 Å². The van der Waals surface area contributed by atoms with Gasteiger partial charge in [-0.2, -0.15) is 4.37 Å². The number of nitrogens with one attached hydrogen (secondary N) is 1. The van der Waals surface area contributed by atoms with Crippen LogP contribution in [-0.4, -0.2) is 60.0 Å². The molecule has 1 N–H and O–H groups in total. The Bertz CT molecular complexity index is 646. The summed E-state index contributed by atoms with van der Waals surface area (Å²) < 4.78 is 14.3. The van der Waals surface area contributed by atoms with E-state index in [1.54, 1.807) is 20.9 Å². The number of aromatic nitrogens is 1. The molecular formula is C16H23N3O5S. The Morgan fingerprint density at radius 1 is 1.32 bits per heavy atom. The van der Waals surface area contributed by atoms with Gasteiger partial charge in [0, 0.05) is 13.6 Å². The highest BCUT2D eigenvalue weighted by atomic mass is 32.1. The number of esters is 2. The minimum absolute atomic E-state index is 0.267. The van der Waals surface area contributed by atoms with E-state index >= 15 is 0 Å². The zero-order valence-electron chi connectivity index (χ0n) is 14.7. The molecule has 0 spiro atoms. The summed E-state index contributed by atoms with van der Waals surface area (Å²) in [5, 5.41) is 3.48. The first kappa shape index (κ1) is 19.2. The van der Waals surface area contributed by atoms with Gasteiger partial charge in [-0.15, -0.1) is 0 Å². The van der Waals surface area contributed by atoms with E-state index in [-0.39, 0.29) is 6.61 Å². The standard InChI is InChI=1S/C16H23N3O5S/c1-4-23-15(21)11-7-5-6-8-19(11)12(20)9-24-16(22)13-10(2)18-25-14(13)17-3/h11,17H,4-9H2,1-3H3/t11-/m1/s1. The topological polar surface area (TPSA) is 97.8 Å². The normalized spacial score (nSPS) is 17.1. The van der Waals surface area contributed by atoms with E-state index in [9.17, 15) is 14.4 Å². The van der Waals surface area contributed by atoms with Crippen LogP contribution in [0.5, 0.6) is 0 Å². The molecule has 0 radical (unpaired) electrons. The molecule has 1 aliphatic heterocycles. The second kappa shape index (κ2) is 8.80. The summed E-state index contributed by atoms with van der Waals surface area (Å²) in [7, 11) is 1.69. The van der Waals surface area contributed by atoms with Crippen molar-refractivity contribution in [2.45, 2.75) is 39.2 Å². The summed E-state index contributed by atoms with van der Waals surface area (Å²) in [6, 6.07) is -0.600. The first-order valence-corrected chi connectivity index (χ1v) is 9.04. The fourth-order valence-electron chi connectivity index (χ4n) is 2.78. The average molecular weight is 369 g/mol. The monoisotopic (exact) mass is 369 g/mol. The maximum absolute atomic E-state index is 12.4. The molecule has 0 aliphatic carbocycles. The minimum Gasteiger partial charge on any atom is -0.464 e. The van der Waals surface area contributed by atoms with Crippen LogP contribution < -0.4 is 5.32 Å². The molecule has 0 unspecified atom stereocenters. The number of aryl methyl sites for hydroxylation is 1. The number of rotatable bonds is 6. The van der Waals surface area contributed by atoms with Gasteiger partial charge in [-0.25, -0.2) is 9.59 Å². The number of likely N-dealkylation sites (tertiary alicyclic amines) is 1. The van der Waals surface area contributed by atoms with Crippen molar-refractivity contribution in [3.63, 3.8) is 0 Å². The maximum Gasteiger partial charge on any atom is 0.343 e. The van der Waals surface area contributed by atoms with Crippen LogP contribution in [-0.2, 0) is 19.1 Å². The minimum atomic E-state index is -0.603. The Balaban J connectivity index is 1.99. The Morgan fingerprint density at radius 3 is 2.76 bits per heavy atom. The van der Waals surface area contributed by atoms with E-state index in [4.69, 9.17) is 9.47 Å². The van der Waals surface area contributed by atoms with Gasteiger partial charge >= 0.3 is 11.9 Å². The van der Waals surface area contributed by atoms with Crippen LogP contribution in [0.15, 0.2) is 0 Å². The smallest absolute Gasteiger partial charge is 0.343 e. The van der Waals surface area contributed by atoms with E-state index in [0.29, 0.717) is 29.2 Å². The van der Waals surface area contributed by atoms with Gasteiger partial charge in [0.15, 0.2) is 6.61 Å². The molecule has 25 heavy (non-hydrogen) atoms. The Kier molecular flexibility index (Phi) is 6.74. The van der Waals surface area contributed by atoms with Crippen LogP contribution in [0, 0.1) is 6.92 Å². The largest absolute Gasteiger partial charge is 0.464 e. The third-order valence-corrected chi connectivity index (χ3v) is 4.96. The van der Waals surface area contributed by atoms with Gasteiger partial charge in [0.1, 0.15) is 16.6 Å². The number of piperidine rings is 1. The van der Waals surface area contributed by atoms with Gasteiger partial charge in [-0.1, -0.05) is 0 Å². The van der Waals surface area contributed by atoms with Crippen molar-refractivity contribution in [2.24, 2.45) is 0 Å². The van der Waals surface area contributed by atoms with Gasteiger partial charge < -0.3 is 19.7 Å². The van der Waals surface area contributed by atoms with Gasteiger partial charge in [0.25, 0.3) is 5.91 Å². The zero-order chi connectivity index (χ0) is 18.4. The molecule has 0 aromatic carbocycles. The van der Waals surface area contributed by atoms with Crippen molar-refractivity contribution in [3.8, 4) is 0 Å². The van der Waals surface area contributed by atoms with Crippen LogP contribution in [0.3, 0.4) is 0 Å². The number of hydrogen-bond donors (Lipinski definition) is 1. The lowest BCUT2D eigenvalue weighted by atomic mass is 10.0. The van der Waals surface area contributed by atoms with Crippen LogP contribution in [0.25, 0.3) is 0 Å². The highest BCUT2D eigenvalue weighted by molar-refractivity contribution is 7.10. The predicted molar refractivity (Wildman–Crippen MR) is 92.7 cm³/mol. The summed E-state index contributed by atoms with van der Waals surface area (Å²) in [5.41, 5.74) is 0.884. The zero-order valence-corrected chi connectivity index (χ0v) is 15.5.